The summed E-state index contributed by atoms with van der Waals surface area (Å²) in [7, 11) is 0. The second kappa shape index (κ2) is 5.43. The van der Waals surface area contributed by atoms with Crippen molar-refractivity contribution in [2.75, 3.05) is 11.9 Å². The zero-order valence-electron chi connectivity index (χ0n) is 10.8. The Morgan fingerprint density at radius 3 is 2.74 bits per heavy atom. The van der Waals surface area contributed by atoms with Crippen molar-refractivity contribution in [1.82, 2.24) is 10.2 Å². The SMILES string of the molecule is CCNc1cc(C)c(-c2cccc([N+](=O)[O-])c2)nn1. The van der Waals surface area contributed by atoms with E-state index in [0.717, 1.165) is 12.1 Å². The normalized spacial score (nSPS) is 10.2. The lowest BCUT2D eigenvalue weighted by Gasteiger charge is -2.07. The van der Waals surface area contributed by atoms with E-state index in [1.165, 1.54) is 12.1 Å². The second-order valence-electron chi connectivity index (χ2n) is 4.10. The number of hydrogen-bond acceptors (Lipinski definition) is 5. The summed E-state index contributed by atoms with van der Waals surface area (Å²) in [4.78, 5) is 10.4. The molecule has 0 radical (unpaired) electrons. The molecule has 2 rings (SSSR count). The van der Waals surface area contributed by atoms with E-state index in [2.05, 4.69) is 15.5 Å². The Bertz CT molecular complexity index is 613. The van der Waals surface area contributed by atoms with E-state index >= 15 is 0 Å². The number of aryl methyl sites for hydroxylation is 1. The van der Waals surface area contributed by atoms with Gasteiger partial charge in [0.2, 0.25) is 0 Å². The molecular formula is C13H14N4O2. The van der Waals surface area contributed by atoms with E-state index in [1.807, 2.05) is 19.9 Å². The molecule has 1 aromatic carbocycles. The van der Waals surface area contributed by atoms with Gasteiger partial charge in [-0.15, -0.1) is 10.2 Å². The number of hydrogen-bond donors (Lipinski definition) is 1. The van der Waals surface area contributed by atoms with E-state index in [-0.39, 0.29) is 5.69 Å². The van der Waals surface area contributed by atoms with Crippen LogP contribution in [-0.2, 0) is 0 Å². The molecule has 2 aromatic rings. The summed E-state index contributed by atoms with van der Waals surface area (Å²) in [5.74, 6) is 0.703. The largest absolute Gasteiger partial charge is 0.369 e. The number of rotatable bonds is 4. The van der Waals surface area contributed by atoms with Gasteiger partial charge in [0.25, 0.3) is 5.69 Å². The van der Waals surface area contributed by atoms with Crippen molar-refractivity contribution < 1.29 is 4.92 Å². The van der Waals surface area contributed by atoms with Crippen LogP contribution in [0.25, 0.3) is 11.3 Å². The number of benzene rings is 1. The van der Waals surface area contributed by atoms with Gasteiger partial charge in [-0.1, -0.05) is 12.1 Å². The molecule has 0 atom stereocenters. The molecule has 19 heavy (non-hydrogen) atoms. The maximum absolute atomic E-state index is 10.8. The van der Waals surface area contributed by atoms with Crippen molar-refractivity contribution in [3.8, 4) is 11.3 Å². The minimum Gasteiger partial charge on any atom is -0.369 e. The number of nitro benzene ring substituents is 1. The third-order valence-corrected chi connectivity index (χ3v) is 2.67. The molecule has 1 aromatic heterocycles. The van der Waals surface area contributed by atoms with E-state index in [1.54, 1.807) is 12.1 Å². The predicted octanol–water partition coefficient (Wildman–Crippen LogP) is 2.79. The van der Waals surface area contributed by atoms with Crippen molar-refractivity contribution in [1.29, 1.82) is 0 Å². The molecule has 0 amide bonds. The molecule has 98 valence electrons. The molecule has 0 fully saturated rings. The zero-order valence-corrected chi connectivity index (χ0v) is 10.8. The van der Waals surface area contributed by atoms with Crippen molar-refractivity contribution in [3.05, 3.63) is 46.0 Å². The molecule has 1 N–H and O–H groups in total. The van der Waals surface area contributed by atoms with Gasteiger partial charge in [0.15, 0.2) is 0 Å². The van der Waals surface area contributed by atoms with Crippen LogP contribution in [0.1, 0.15) is 12.5 Å². The van der Waals surface area contributed by atoms with Gasteiger partial charge in [0.1, 0.15) is 5.82 Å². The number of anilines is 1. The minimum atomic E-state index is -0.417. The highest BCUT2D eigenvalue weighted by molar-refractivity contribution is 5.66. The summed E-state index contributed by atoms with van der Waals surface area (Å²) < 4.78 is 0. The van der Waals surface area contributed by atoms with Crippen LogP contribution in [-0.4, -0.2) is 21.7 Å². The van der Waals surface area contributed by atoms with Gasteiger partial charge in [0, 0.05) is 24.2 Å². The molecule has 0 saturated heterocycles. The van der Waals surface area contributed by atoms with E-state index in [4.69, 9.17) is 0 Å². The molecule has 0 saturated carbocycles. The molecule has 0 unspecified atom stereocenters. The second-order valence-corrected chi connectivity index (χ2v) is 4.10. The highest BCUT2D eigenvalue weighted by atomic mass is 16.6. The summed E-state index contributed by atoms with van der Waals surface area (Å²) in [5, 5.41) is 22.0. The van der Waals surface area contributed by atoms with Gasteiger partial charge in [-0.05, 0) is 25.5 Å². The number of aromatic nitrogens is 2. The smallest absolute Gasteiger partial charge is 0.270 e. The van der Waals surface area contributed by atoms with Crippen LogP contribution in [0, 0.1) is 17.0 Å². The monoisotopic (exact) mass is 258 g/mol. The van der Waals surface area contributed by atoms with Crippen molar-refractivity contribution in [2.24, 2.45) is 0 Å². The number of nitro groups is 1. The van der Waals surface area contributed by atoms with Crippen LogP contribution in [0.4, 0.5) is 11.5 Å². The fraction of sp³-hybridized carbons (Fsp3) is 0.231. The summed E-state index contributed by atoms with van der Waals surface area (Å²) in [5.41, 5.74) is 2.33. The van der Waals surface area contributed by atoms with Gasteiger partial charge in [0.05, 0.1) is 10.6 Å². The fourth-order valence-corrected chi connectivity index (χ4v) is 1.80. The van der Waals surface area contributed by atoms with Crippen molar-refractivity contribution in [2.45, 2.75) is 13.8 Å². The quantitative estimate of drug-likeness (QED) is 0.673. The summed E-state index contributed by atoms with van der Waals surface area (Å²) >= 11 is 0. The summed E-state index contributed by atoms with van der Waals surface area (Å²) in [6.07, 6.45) is 0. The van der Waals surface area contributed by atoms with E-state index in [9.17, 15) is 10.1 Å². The van der Waals surface area contributed by atoms with Crippen molar-refractivity contribution in [3.63, 3.8) is 0 Å². The maximum Gasteiger partial charge on any atom is 0.270 e. The van der Waals surface area contributed by atoms with Crippen LogP contribution in [0.2, 0.25) is 0 Å². The van der Waals surface area contributed by atoms with Crippen molar-refractivity contribution >= 4 is 11.5 Å². The fourth-order valence-electron chi connectivity index (χ4n) is 1.80. The third-order valence-electron chi connectivity index (χ3n) is 2.67. The standard InChI is InChI=1S/C13H14N4O2/c1-3-14-12-7-9(2)13(16-15-12)10-5-4-6-11(8-10)17(18)19/h4-8H,3H2,1-2H3,(H,14,15). The molecule has 0 aliphatic heterocycles. The summed E-state index contributed by atoms with van der Waals surface area (Å²) in [6.45, 7) is 4.65. The number of nitrogens with one attached hydrogen (secondary N) is 1. The van der Waals surface area contributed by atoms with Crippen LogP contribution in [0.3, 0.4) is 0 Å². The molecule has 0 aliphatic carbocycles. The minimum absolute atomic E-state index is 0.0504. The number of non-ortho nitro benzene ring substituents is 1. The molecule has 1 heterocycles. The molecule has 0 bridgehead atoms. The first kappa shape index (κ1) is 12.9. The topological polar surface area (TPSA) is 81.0 Å². The molecule has 6 heteroatoms. The Morgan fingerprint density at radius 1 is 1.32 bits per heavy atom. The Hall–Kier alpha value is -2.50. The van der Waals surface area contributed by atoms with Gasteiger partial charge < -0.3 is 5.32 Å². The van der Waals surface area contributed by atoms with E-state index < -0.39 is 4.92 Å². The molecular weight excluding hydrogens is 244 g/mol. The first-order chi connectivity index (χ1) is 9.11. The van der Waals surface area contributed by atoms with Crippen LogP contribution in [0.15, 0.2) is 30.3 Å². The van der Waals surface area contributed by atoms with Crippen LogP contribution < -0.4 is 5.32 Å². The lowest BCUT2D eigenvalue weighted by Crippen LogP contribution is -2.02. The van der Waals surface area contributed by atoms with E-state index in [0.29, 0.717) is 17.1 Å². The first-order valence-corrected chi connectivity index (χ1v) is 5.95. The summed E-state index contributed by atoms with van der Waals surface area (Å²) in [6, 6.07) is 8.28. The molecule has 6 nitrogen and oxygen atoms in total. The Kier molecular flexibility index (Phi) is 3.70. The van der Waals surface area contributed by atoms with Gasteiger partial charge in [-0.25, -0.2) is 0 Å². The average Bonchev–Trinajstić information content (AvgIpc) is 2.39. The third kappa shape index (κ3) is 2.85. The lowest BCUT2D eigenvalue weighted by molar-refractivity contribution is -0.384. The average molecular weight is 258 g/mol. The first-order valence-electron chi connectivity index (χ1n) is 5.95. The lowest BCUT2D eigenvalue weighted by atomic mass is 10.1. The Balaban J connectivity index is 2.41. The highest BCUT2D eigenvalue weighted by Crippen LogP contribution is 2.25. The Morgan fingerprint density at radius 2 is 2.11 bits per heavy atom. The van der Waals surface area contributed by atoms with Crippen LogP contribution >= 0.6 is 0 Å². The van der Waals surface area contributed by atoms with Gasteiger partial charge >= 0.3 is 0 Å². The van der Waals surface area contributed by atoms with Crippen LogP contribution in [0.5, 0.6) is 0 Å². The Labute approximate surface area is 110 Å². The maximum atomic E-state index is 10.8. The van der Waals surface area contributed by atoms with Gasteiger partial charge in [-0.3, -0.25) is 10.1 Å². The zero-order chi connectivity index (χ0) is 13.8. The molecule has 0 aliphatic rings. The highest BCUT2D eigenvalue weighted by Gasteiger charge is 2.10. The predicted molar refractivity (Wildman–Crippen MR) is 73.0 cm³/mol. The van der Waals surface area contributed by atoms with Gasteiger partial charge in [-0.2, -0.15) is 0 Å². The number of nitrogens with zero attached hydrogens (tertiary/aromatic N) is 3. The molecule has 0 spiro atoms.